The number of benzene rings is 1. The second-order valence-corrected chi connectivity index (χ2v) is 3.68. The van der Waals surface area contributed by atoms with Crippen LogP contribution in [0.5, 0.6) is 0 Å². The van der Waals surface area contributed by atoms with Gasteiger partial charge >= 0.3 is 0 Å². The summed E-state index contributed by atoms with van der Waals surface area (Å²) in [6.45, 7) is 0. The summed E-state index contributed by atoms with van der Waals surface area (Å²) in [6, 6.07) is 3.67. The van der Waals surface area contributed by atoms with Crippen molar-refractivity contribution in [3.05, 3.63) is 52.4 Å². The predicted molar refractivity (Wildman–Crippen MR) is 54.5 cm³/mol. The lowest BCUT2D eigenvalue weighted by molar-refractivity contribution is 0.381. The Morgan fingerprint density at radius 3 is 1.78 bits per heavy atom. The summed E-state index contributed by atoms with van der Waals surface area (Å²) in [5.41, 5.74) is -1.54. The molecule has 2 rings (SSSR count). The molecule has 0 fully saturated rings. The summed E-state index contributed by atoms with van der Waals surface area (Å²) in [4.78, 5) is 3.51. The van der Waals surface area contributed by atoms with Crippen LogP contribution in [0, 0.1) is 29.1 Å². The van der Waals surface area contributed by atoms with Gasteiger partial charge in [0, 0.05) is 0 Å². The molecular weight excluding hydrogens is 277 g/mol. The molecule has 18 heavy (non-hydrogen) atoms. The zero-order valence-electron chi connectivity index (χ0n) is 8.45. The van der Waals surface area contributed by atoms with E-state index in [-0.39, 0.29) is 5.15 Å². The largest absolute Gasteiger partial charge is 0.236 e. The highest BCUT2D eigenvalue weighted by Crippen LogP contribution is 2.30. The number of aromatic nitrogens is 1. The second-order valence-electron chi connectivity index (χ2n) is 3.29. The predicted octanol–water partition coefficient (Wildman–Crippen LogP) is 4.10. The fourth-order valence-corrected chi connectivity index (χ4v) is 1.54. The Morgan fingerprint density at radius 1 is 0.778 bits per heavy atom. The molecule has 0 unspecified atom stereocenters. The molecule has 1 heterocycles. The number of hydrogen-bond donors (Lipinski definition) is 0. The van der Waals surface area contributed by atoms with E-state index in [0.717, 1.165) is 6.07 Å². The SMILES string of the molecule is Fc1c(F)c(F)c(-c2cccc(Cl)n2)c(F)c1F. The maximum atomic E-state index is 13.4. The first-order chi connectivity index (χ1) is 8.43. The first kappa shape index (κ1) is 12.8. The molecular formula is C11H3ClF5N. The van der Waals surface area contributed by atoms with Crippen molar-refractivity contribution in [1.29, 1.82) is 0 Å². The third kappa shape index (κ3) is 1.92. The van der Waals surface area contributed by atoms with Crippen LogP contribution in [0.25, 0.3) is 11.3 Å². The number of halogens is 6. The third-order valence-corrected chi connectivity index (χ3v) is 2.39. The molecule has 0 saturated heterocycles. The summed E-state index contributed by atoms with van der Waals surface area (Å²) in [5.74, 6) is -10.1. The Hall–Kier alpha value is -1.69. The van der Waals surface area contributed by atoms with Gasteiger partial charge in [-0.1, -0.05) is 17.7 Å². The average Bonchev–Trinajstić information content (AvgIpc) is 2.34. The molecule has 1 nitrogen and oxygen atoms in total. The minimum atomic E-state index is -2.21. The zero-order valence-corrected chi connectivity index (χ0v) is 9.20. The van der Waals surface area contributed by atoms with Crippen LogP contribution in [0.4, 0.5) is 22.0 Å². The molecule has 0 atom stereocenters. The van der Waals surface area contributed by atoms with Gasteiger partial charge in [0.1, 0.15) is 5.15 Å². The van der Waals surface area contributed by atoms with Gasteiger partial charge in [-0.15, -0.1) is 0 Å². The minimum Gasteiger partial charge on any atom is -0.236 e. The summed E-state index contributed by atoms with van der Waals surface area (Å²) in [6.07, 6.45) is 0. The maximum absolute atomic E-state index is 13.4. The van der Waals surface area contributed by atoms with Crippen LogP contribution in [0.1, 0.15) is 0 Å². The molecule has 0 bridgehead atoms. The van der Waals surface area contributed by atoms with Crippen LogP contribution in [-0.2, 0) is 0 Å². The van der Waals surface area contributed by atoms with Crippen LogP contribution in [0.3, 0.4) is 0 Å². The van der Waals surface area contributed by atoms with Crippen LogP contribution in [0.2, 0.25) is 5.15 Å². The molecule has 7 heteroatoms. The van der Waals surface area contributed by atoms with Crippen LogP contribution in [-0.4, -0.2) is 4.98 Å². The summed E-state index contributed by atoms with van der Waals surface area (Å²) < 4.78 is 65.6. The van der Waals surface area contributed by atoms with E-state index in [9.17, 15) is 22.0 Å². The topological polar surface area (TPSA) is 12.9 Å². The first-order valence-electron chi connectivity index (χ1n) is 4.58. The number of rotatable bonds is 1. The quantitative estimate of drug-likeness (QED) is 0.331. The van der Waals surface area contributed by atoms with Gasteiger partial charge in [0.2, 0.25) is 5.82 Å². The number of hydrogen-bond acceptors (Lipinski definition) is 1. The van der Waals surface area contributed by atoms with Crippen molar-refractivity contribution < 1.29 is 22.0 Å². The highest BCUT2D eigenvalue weighted by Gasteiger charge is 2.27. The molecule has 1 aromatic carbocycles. The van der Waals surface area contributed by atoms with Gasteiger partial charge in [0.05, 0.1) is 11.3 Å². The third-order valence-electron chi connectivity index (χ3n) is 2.18. The van der Waals surface area contributed by atoms with Crippen molar-refractivity contribution in [1.82, 2.24) is 4.98 Å². The lowest BCUT2D eigenvalue weighted by Gasteiger charge is -2.07. The average molecular weight is 280 g/mol. The smallest absolute Gasteiger partial charge is 0.200 e. The molecule has 0 N–H and O–H groups in total. The van der Waals surface area contributed by atoms with Gasteiger partial charge in [-0.25, -0.2) is 26.9 Å². The first-order valence-corrected chi connectivity index (χ1v) is 4.95. The molecule has 0 aliphatic carbocycles. The minimum absolute atomic E-state index is 0.128. The molecule has 1 aromatic heterocycles. The molecule has 2 aromatic rings. The molecule has 0 spiro atoms. The summed E-state index contributed by atoms with van der Waals surface area (Å²) in [5, 5.41) is -0.128. The highest BCUT2D eigenvalue weighted by atomic mass is 35.5. The van der Waals surface area contributed by atoms with Crippen LogP contribution >= 0.6 is 11.6 Å². The normalized spacial score (nSPS) is 10.8. The lowest BCUT2D eigenvalue weighted by Crippen LogP contribution is -2.04. The highest BCUT2D eigenvalue weighted by molar-refractivity contribution is 6.29. The lowest BCUT2D eigenvalue weighted by atomic mass is 10.1. The van der Waals surface area contributed by atoms with Crippen molar-refractivity contribution in [2.45, 2.75) is 0 Å². The van der Waals surface area contributed by atoms with Gasteiger partial charge in [0.15, 0.2) is 23.3 Å². The standard InChI is InChI=1S/C11H3ClF5N/c12-5-3-1-2-4(18-5)6-7(13)9(15)11(17)10(16)8(6)14/h1-3H. The van der Waals surface area contributed by atoms with Gasteiger partial charge in [-0.3, -0.25) is 0 Å². The summed E-state index contributed by atoms with van der Waals surface area (Å²) >= 11 is 5.49. The van der Waals surface area contributed by atoms with E-state index < -0.39 is 40.3 Å². The Labute approximate surface area is 103 Å². The summed E-state index contributed by atoms with van der Waals surface area (Å²) in [7, 11) is 0. The Morgan fingerprint density at radius 2 is 1.28 bits per heavy atom. The molecule has 0 aliphatic rings. The number of pyridine rings is 1. The maximum Gasteiger partial charge on any atom is 0.200 e. The van der Waals surface area contributed by atoms with Gasteiger partial charge in [-0.05, 0) is 12.1 Å². The van der Waals surface area contributed by atoms with E-state index in [4.69, 9.17) is 11.6 Å². The van der Waals surface area contributed by atoms with Crippen molar-refractivity contribution in [3.63, 3.8) is 0 Å². The van der Waals surface area contributed by atoms with Gasteiger partial charge < -0.3 is 0 Å². The van der Waals surface area contributed by atoms with E-state index in [1.165, 1.54) is 12.1 Å². The monoisotopic (exact) mass is 279 g/mol. The van der Waals surface area contributed by atoms with Gasteiger partial charge in [-0.2, -0.15) is 0 Å². The Kier molecular flexibility index (Phi) is 3.21. The fraction of sp³-hybridized carbons (Fsp3) is 0. The molecule has 94 valence electrons. The van der Waals surface area contributed by atoms with Crippen molar-refractivity contribution >= 4 is 11.6 Å². The fourth-order valence-electron chi connectivity index (χ4n) is 1.38. The van der Waals surface area contributed by atoms with E-state index in [1.54, 1.807) is 0 Å². The van der Waals surface area contributed by atoms with Crippen molar-refractivity contribution in [2.75, 3.05) is 0 Å². The molecule has 0 amide bonds. The molecule has 0 aliphatic heterocycles. The van der Waals surface area contributed by atoms with Crippen molar-refractivity contribution in [2.24, 2.45) is 0 Å². The van der Waals surface area contributed by atoms with Crippen LogP contribution < -0.4 is 0 Å². The number of nitrogens with zero attached hydrogens (tertiary/aromatic N) is 1. The van der Waals surface area contributed by atoms with E-state index >= 15 is 0 Å². The second kappa shape index (κ2) is 4.53. The molecule has 0 radical (unpaired) electrons. The van der Waals surface area contributed by atoms with E-state index in [1.807, 2.05) is 0 Å². The van der Waals surface area contributed by atoms with Crippen LogP contribution in [0.15, 0.2) is 18.2 Å². The Balaban J connectivity index is 2.80. The Bertz CT molecular complexity index is 600. The van der Waals surface area contributed by atoms with E-state index in [0.29, 0.717) is 0 Å². The van der Waals surface area contributed by atoms with Crippen molar-refractivity contribution in [3.8, 4) is 11.3 Å². The van der Waals surface area contributed by atoms with Gasteiger partial charge in [0.25, 0.3) is 0 Å². The molecule has 0 saturated carbocycles. The van der Waals surface area contributed by atoms with E-state index in [2.05, 4.69) is 4.98 Å². The zero-order chi connectivity index (χ0) is 13.4.